The number of allylic oxidation sites excluding steroid dienone is 5. The molecule has 5 heterocycles. The summed E-state index contributed by atoms with van der Waals surface area (Å²) in [5.41, 5.74) is 9.19. The summed E-state index contributed by atoms with van der Waals surface area (Å²) in [5.74, 6) is 0.686. The molecule has 1 aromatic heterocycles. The number of hydrogen-bond acceptors (Lipinski definition) is 3. The van der Waals surface area contributed by atoms with Crippen molar-refractivity contribution in [3.8, 4) is 0 Å². The van der Waals surface area contributed by atoms with Gasteiger partial charge in [0.1, 0.15) is 0 Å². The highest BCUT2D eigenvalue weighted by Gasteiger charge is 2.36. The van der Waals surface area contributed by atoms with Crippen LogP contribution in [0.25, 0.3) is 6.08 Å². The van der Waals surface area contributed by atoms with Crippen LogP contribution in [0.2, 0.25) is 0 Å². The van der Waals surface area contributed by atoms with Gasteiger partial charge in [0.25, 0.3) is 0 Å². The highest BCUT2D eigenvalue weighted by molar-refractivity contribution is 6.07. The van der Waals surface area contributed by atoms with E-state index in [1.54, 1.807) is 0 Å². The lowest BCUT2D eigenvalue weighted by molar-refractivity contribution is 0.240. The van der Waals surface area contributed by atoms with E-state index in [0.717, 1.165) is 24.2 Å². The van der Waals surface area contributed by atoms with Gasteiger partial charge < -0.3 is 0 Å². The molecule has 0 N–H and O–H groups in total. The third-order valence-corrected chi connectivity index (χ3v) is 5.84. The van der Waals surface area contributed by atoms with Crippen molar-refractivity contribution in [3.63, 3.8) is 0 Å². The highest BCUT2D eigenvalue weighted by atomic mass is 15.1. The van der Waals surface area contributed by atoms with Gasteiger partial charge in [-0.05, 0) is 73.7 Å². The molecule has 1 aromatic rings. The number of piperidine rings is 1. The van der Waals surface area contributed by atoms with Crippen LogP contribution in [0, 0.1) is 12.8 Å². The second kappa shape index (κ2) is 5.92. The van der Waals surface area contributed by atoms with Crippen LogP contribution in [0.15, 0.2) is 64.0 Å². The molecule has 5 aliphatic rings. The van der Waals surface area contributed by atoms with Gasteiger partial charge in [0.05, 0.1) is 5.70 Å². The second-order valence-corrected chi connectivity index (χ2v) is 7.54. The lowest BCUT2D eigenvalue weighted by Crippen LogP contribution is -2.31. The summed E-state index contributed by atoms with van der Waals surface area (Å²) in [5, 5.41) is 0. The van der Waals surface area contributed by atoms with Crippen molar-refractivity contribution in [1.29, 1.82) is 0 Å². The molecule has 0 amide bonds. The number of aromatic nitrogens is 1. The predicted octanol–water partition coefficient (Wildman–Crippen LogP) is 4.09. The smallest absolute Gasteiger partial charge is 0.0672 e. The lowest BCUT2D eigenvalue weighted by atomic mass is 9.88. The van der Waals surface area contributed by atoms with Gasteiger partial charge in [0.2, 0.25) is 0 Å². The van der Waals surface area contributed by atoms with E-state index in [-0.39, 0.29) is 0 Å². The second-order valence-electron chi connectivity index (χ2n) is 7.54. The van der Waals surface area contributed by atoms with Gasteiger partial charge in [0, 0.05) is 30.1 Å². The first kappa shape index (κ1) is 15.0. The number of fused-ring (bicyclic) bond motifs is 3. The van der Waals surface area contributed by atoms with Crippen LogP contribution in [0.4, 0.5) is 0 Å². The van der Waals surface area contributed by atoms with Gasteiger partial charge in [-0.15, -0.1) is 0 Å². The maximum absolute atomic E-state index is 5.03. The van der Waals surface area contributed by atoms with Gasteiger partial charge >= 0.3 is 0 Å². The number of pyridine rings is 1. The van der Waals surface area contributed by atoms with Crippen LogP contribution >= 0.6 is 0 Å². The van der Waals surface area contributed by atoms with Crippen LogP contribution in [-0.2, 0) is 0 Å². The predicted molar refractivity (Wildman–Crippen MR) is 102 cm³/mol. The molecule has 1 aliphatic carbocycles. The molecule has 126 valence electrons. The molecule has 0 aromatic carbocycles. The quantitative estimate of drug-likeness (QED) is 0.817. The Morgan fingerprint density at radius 3 is 2.76 bits per heavy atom. The van der Waals surface area contributed by atoms with E-state index in [2.05, 4.69) is 46.3 Å². The Hall–Kier alpha value is -2.26. The molecule has 2 bridgehead atoms. The summed E-state index contributed by atoms with van der Waals surface area (Å²) < 4.78 is 0. The maximum atomic E-state index is 5.03. The Morgan fingerprint density at radius 1 is 1.08 bits per heavy atom. The fourth-order valence-electron chi connectivity index (χ4n) is 4.36. The molecular weight excluding hydrogens is 306 g/mol. The molecule has 3 heteroatoms. The monoisotopic (exact) mass is 329 g/mol. The minimum Gasteiger partial charge on any atom is -0.299 e. The summed E-state index contributed by atoms with van der Waals surface area (Å²) in [6.07, 6.45) is 14.3. The van der Waals surface area contributed by atoms with Crippen molar-refractivity contribution in [2.24, 2.45) is 10.9 Å². The van der Waals surface area contributed by atoms with Crippen molar-refractivity contribution in [1.82, 2.24) is 9.88 Å². The molecule has 6 rings (SSSR count). The first-order chi connectivity index (χ1) is 12.3. The van der Waals surface area contributed by atoms with Crippen molar-refractivity contribution in [3.05, 3.63) is 70.2 Å². The summed E-state index contributed by atoms with van der Waals surface area (Å²) in [6.45, 7) is 5.59. The van der Waals surface area contributed by atoms with Crippen LogP contribution in [-0.4, -0.2) is 35.2 Å². The summed E-state index contributed by atoms with van der Waals surface area (Å²) in [6, 6.07) is 4.18. The average molecular weight is 329 g/mol. The van der Waals surface area contributed by atoms with Crippen LogP contribution < -0.4 is 0 Å². The van der Waals surface area contributed by atoms with E-state index >= 15 is 0 Å². The van der Waals surface area contributed by atoms with Gasteiger partial charge in [-0.1, -0.05) is 24.3 Å². The number of aryl methyl sites for hydroxylation is 1. The van der Waals surface area contributed by atoms with E-state index in [1.165, 1.54) is 54.1 Å². The molecule has 0 atom stereocenters. The Morgan fingerprint density at radius 2 is 1.96 bits per heavy atom. The Balaban J connectivity index is 1.41. The van der Waals surface area contributed by atoms with Gasteiger partial charge in [-0.3, -0.25) is 14.9 Å². The largest absolute Gasteiger partial charge is 0.299 e. The third kappa shape index (κ3) is 2.73. The van der Waals surface area contributed by atoms with E-state index < -0.39 is 0 Å². The van der Waals surface area contributed by atoms with Gasteiger partial charge in [-0.2, -0.15) is 0 Å². The van der Waals surface area contributed by atoms with E-state index in [9.17, 15) is 0 Å². The fourth-order valence-corrected chi connectivity index (χ4v) is 4.36. The van der Waals surface area contributed by atoms with Crippen molar-refractivity contribution < 1.29 is 0 Å². The van der Waals surface area contributed by atoms with Crippen LogP contribution in [0.1, 0.15) is 30.5 Å². The number of rotatable bonds is 2. The summed E-state index contributed by atoms with van der Waals surface area (Å²) >= 11 is 0. The SMILES string of the molecule is Cc1ccc(C=CC2=CC=C3N=C4C(=C3C2)CN2CCC4CC2)cn1. The van der Waals surface area contributed by atoms with Crippen molar-refractivity contribution in [2.45, 2.75) is 26.2 Å². The number of nitrogens with zero attached hydrogens (tertiary/aromatic N) is 3. The Kier molecular flexibility index (Phi) is 3.56. The molecule has 0 unspecified atom stereocenters. The van der Waals surface area contributed by atoms with Crippen molar-refractivity contribution >= 4 is 11.8 Å². The molecular formula is C22H23N3. The minimum atomic E-state index is 0.686. The van der Waals surface area contributed by atoms with E-state index in [0.29, 0.717) is 5.92 Å². The summed E-state index contributed by atoms with van der Waals surface area (Å²) in [7, 11) is 0. The number of hydrogen-bond donors (Lipinski definition) is 0. The normalized spacial score (nSPS) is 27.6. The average Bonchev–Trinajstić information content (AvgIpc) is 2.80. The van der Waals surface area contributed by atoms with Crippen molar-refractivity contribution in [2.75, 3.05) is 19.6 Å². The van der Waals surface area contributed by atoms with Crippen LogP contribution in [0.5, 0.6) is 0 Å². The third-order valence-electron chi connectivity index (χ3n) is 5.84. The zero-order valence-electron chi connectivity index (χ0n) is 14.7. The molecule has 0 saturated carbocycles. The van der Waals surface area contributed by atoms with Gasteiger partial charge in [0.15, 0.2) is 0 Å². The fraction of sp³-hybridized carbons (Fsp3) is 0.364. The standard InChI is InChI=1S/C22H23N3/c1-15-2-3-17(13-23-15)5-4-16-6-7-21-19(12-16)20-14-25-10-8-18(9-11-25)22(20)24-21/h2-7,13,18H,8-12,14H2,1H3. The lowest BCUT2D eigenvalue weighted by Gasteiger charge is -2.26. The van der Waals surface area contributed by atoms with E-state index in [4.69, 9.17) is 4.99 Å². The minimum absolute atomic E-state index is 0.686. The molecule has 0 radical (unpaired) electrons. The maximum Gasteiger partial charge on any atom is 0.0672 e. The molecule has 3 nitrogen and oxygen atoms in total. The zero-order valence-corrected chi connectivity index (χ0v) is 14.7. The first-order valence-electron chi connectivity index (χ1n) is 9.31. The summed E-state index contributed by atoms with van der Waals surface area (Å²) in [4.78, 5) is 12.0. The van der Waals surface area contributed by atoms with E-state index in [1.807, 2.05) is 13.1 Å². The molecule has 0 spiro atoms. The molecule has 3 fully saturated rings. The topological polar surface area (TPSA) is 28.5 Å². The van der Waals surface area contributed by atoms with Crippen LogP contribution in [0.3, 0.4) is 0 Å². The molecule has 4 aliphatic heterocycles. The first-order valence-corrected chi connectivity index (χ1v) is 9.31. The Bertz CT molecular complexity index is 857. The molecule has 3 saturated heterocycles. The number of aliphatic imine (C=N–C) groups is 1. The molecule has 25 heavy (non-hydrogen) atoms. The van der Waals surface area contributed by atoms with Gasteiger partial charge in [-0.25, -0.2) is 0 Å². The highest BCUT2D eigenvalue weighted by Crippen LogP contribution is 2.40. The Labute approximate surface area is 149 Å². The zero-order chi connectivity index (χ0) is 16.8.